The molecule has 0 saturated heterocycles. The third-order valence-corrected chi connectivity index (χ3v) is 1.22. The van der Waals surface area contributed by atoms with E-state index in [0.717, 1.165) is 6.26 Å². The van der Waals surface area contributed by atoms with Crippen molar-refractivity contribution in [1.82, 2.24) is 0 Å². The molecule has 0 aromatic carbocycles. The first-order chi connectivity index (χ1) is 4.45. The highest BCUT2D eigenvalue weighted by atomic mass is 32.2. The van der Waals surface area contributed by atoms with Crippen molar-refractivity contribution in [2.24, 2.45) is 0 Å². The van der Waals surface area contributed by atoms with Gasteiger partial charge in [0.2, 0.25) is 0 Å². The van der Waals surface area contributed by atoms with Crippen molar-refractivity contribution in [3.05, 3.63) is 0 Å². The van der Waals surface area contributed by atoms with Gasteiger partial charge in [0.05, 0.1) is 12.9 Å². The van der Waals surface area contributed by atoms with Crippen LogP contribution in [-0.4, -0.2) is 39.2 Å². The lowest BCUT2D eigenvalue weighted by molar-refractivity contribution is 0.0873. The van der Waals surface area contributed by atoms with Gasteiger partial charge in [0, 0.05) is 0 Å². The Morgan fingerprint density at radius 2 is 2.20 bits per heavy atom. The van der Waals surface area contributed by atoms with Crippen molar-refractivity contribution in [2.45, 2.75) is 6.10 Å². The van der Waals surface area contributed by atoms with E-state index in [0.29, 0.717) is 0 Å². The van der Waals surface area contributed by atoms with E-state index < -0.39 is 29.5 Å². The molecule has 0 fully saturated rings. The summed E-state index contributed by atoms with van der Waals surface area (Å²) in [6, 6.07) is 0. The second-order valence-electron chi connectivity index (χ2n) is 1.80. The fourth-order valence-corrected chi connectivity index (χ4v) is 0.651. The molecule has 0 radical (unpaired) electrons. The molecule has 0 aliphatic heterocycles. The highest BCUT2D eigenvalue weighted by molar-refractivity contribution is 7.85. The van der Waals surface area contributed by atoms with Crippen LogP contribution in [0.4, 0.5) is 4.39 Å². The van der Waals surface area contributed by atoms with Crippen LogP contribution in [0.3, 0.4) is 0 Å². The van der Waals surface area contributed by atoms with Crippen LogP contribution < -0.4 is 0 Å². The van der Waals surface area contributed by atoms with Crippen LogP contribution in [0.25, 0.3) is 0 Å². The molecular weight excluding hydrogens is 163 g/mol. The molecule has 0 heterocycles. The van der Waals surface area contributed by atoms with Crippen LogP contribution in [-0.2, 0) is 14.3 Å². The lowest BCUT2D eigenvalue weighted by Crippen LogP contribution is -2.19. The highest BCUT2D eigenvalue weighted by Crippen LogP contribution is 1.91. The summed E-state index contributed by atoms with van der Waals surface area (Å²) in [6.45, 7) is -1.52. The molecule has 1 unspecified atom stereocenters. The molecule has 0 rings (SSSR count). The first kappa shape index (κ1) is 9.80. The molecular formula is C4H9FO4S. The summed E-state index contributed by atoms with van der Waals surface area (Å²) in [5.41, 5.74) is 0. The maximum absolute atomic E-state index is 11.4. The van der Waals surface area contributed by atoms with Crippen molar-refractivity contribution in [3.8, 4) is 0 Å². The van der Waals surface area contributed by atoms with Gasteiger partial charge in [-0.1, -0.05) is 0 Å². The van der Waals surface area contributed by atoms with Crippen molar-refractivity contribution >= 4 is 10.1 Å². The van der Waals surface area contributed by atoms with Gasteiger partial charge in [0.25, 0.3) is 10.1 Å². The van der Waals surface area contributed by atoms with Crippen LogP contribution in [0.15, 0.2) is 0 Å². The molecule has 10 heavy (non-hydrogen) atoms. The van der Waals surface area contributed by atoms with Crippen LogP contribution in [0, 0.1) is 0 Å². The average molecular weight is 172 g/mol. The lowest BCUT2D eigenvalue weighted by Gasteiger charge is -2.03. The zero-order valence-corrected chi connectivity index (χ0v) is 6.27. The Bertz CT molecular complexity index is 176. The fraction of sp³-hybridized carbons (Fsp3) is 1.00. The summed E-state index contributed by atoms with van der Waals surface area (Å²) in [4.78, 5) is 0. The molecule has 0 saturated carbocycles. The Balaban J connectivity index is 3.56. The summed E-state index contributed by atoms with van der Waals surface area (Å²) >= 11 is 0. The van der Waals surface area contributed by atoms with Crippen LogP contribution in [0.5, 0.6) is 0 Å². The van der Waals surface area contributed by atoms with E-state index >= 15 is 0 Å². The van der Waals surface area contributed by atoms with Gasteiger partial charge in [0.15, 0.2) is 0 Å². The molecule has 0 aliphatic rings. The lowest BCUT2D eigenvalue weighted by atomic mass is 10.4. The summed E-state index contributed by atoms with van der Waals surface area (Å²) < 4.78 is 35.9. The topological polar surface area (TPSA) is 63.6 Å². The van der Waals surface area contributed by atoms with Gasteiger partial charge in [-0.3, -0.25) is 4.18 Å². The number of aliphatic hydroxyl groups excluding tert-OH is 1. The molecule has 0 aromatic heterocycles. The minimum atomic E-state index is -3.56. The first-order valence-electron chi connectivity index (χ1n) is 2.54. The van der Waals surface area contributed by atoms with E-state index in [9.17, 15) is 12.8 Å². The van der Waals surface area contributed by atoms with Gasteiger partial charge in [0.1, 0.15) is 12.8 Å². The van der Waals surface area contributed by atoms with Crippen molar-refractivity contribution < 1.29 is 22.1 Å². The molecule has 1 N–H and O–H groups in total. The predicted octanol–water partition coefficient (Wildman–Crippen LogP) is -0.707. The summed E-state index contributed by atoms with van der Waals surface area (Å²) in [5.74, 6) is 0. The maximum Gasteiger partial charge on any atom is 0.264 e. The maximum atomic E-state index is 11.4. The first-order valence-corrected chi connectivity index (χ1v) is 4.36. The molecule has 62 valence electrons. The highest BCUT2D eigenvalue weighted by Gasteiger charge is 2.07. The van der Waals surface area contributed by atoms with Gasteiger partial charge in [-0.15, -0.1) is 0 Å². The quantitative estimate of drug-likeness (QED) is 0.569. The van der Waals surface area contributed by atoms with Gasteiger partial charge < -0.3 is 5.11 Å². The third kappa shape index (κ3) is 5.93. The Morgan fingerprint density at radius 3 is 2.50 bits per heavy atom. The van der Waals surface area contributed by atoms with E-state index in [1.165, 1.54) is 0 Å². The van der Waals surface area contributed by atoms with Crippen LogP contribution >= 0.6 is 0 Å². The minimum absolute atomic E-state index is 0.519. The predicted molar refractivity (Wildman–Crippen MR) is 32.8 cm³/mol. The Kier molecular flexibility index (Phi) is 3.77. The molecule has 0 spiro atoms. The van der Waals surface area contributed by atoms with Gasteiger partial charge in [-0.25, -0.2) is 4.39 Å². The molecule has 6 heteroatoms. The second-order valence-corrected chi connectivity index (χ2v) is 3.44. The average Bonchev–Trinajstić information content (AvgIpc) is 1.81. The van der Waals surface area contributed by atoms with Gasteiger partial charge >= 0.3 is 0 Å². The van der Waals surface area contributed by atoms with Crippen molar-refractivity contribution in [1.29, 1.82) is 0 Å². The molecule has 0 aliphatic carbocycles. The Morgan fingerprint density at radius 1 is 1.70 bits per heavy atom. The summed E-state index contributed by atoms with van der Waals surface area (Å²) in [7, 11) is -3.56. The zero-order valence-electron chi connectivity index (χ0n) is 5.45. The minimum Gasteiger partial charge on any atom is -0.388 e. The monoisotopic (exact) mass is 172 g/mol. The molecule has 0 bridgehead atoms. The fourth-order valence-electron chi connectivity index (χ4n) is 0.247. The van der Waals surface area contributed by atoms with Crippen LogP contribution in [0.1, 0.15) is 0 Å². The third-order valence-electron chi connectivity index (χ3n) is 0.653. The number of halogens is 1. The van der Waals surface area contributed by atoms with E-state index in [1.807, 2.05) is 0 Å². The number of hydrogen-bond acceptors (Lipinski definition) is 4. The standard InChI is InChI=1S/C4H9FO4S/c1-10(7,8)9-3-4(6)2-5/h4,6H,2-3H2,1H3. The van der Waals surface area contributed by atoms with E-state index in [1.54, 1.807) is 0 Å². The zero-order chi connectivity index (χ0) is 8.20. The molecule has 1 atom stereocenters. The number of aliphatic hydroxyl groups is 1. The Hall–Kier alpha value is -0.200. The van der Waals surface area contributed by atoms with Crippen molar-refractivity contribution in [3.63, 3.8) is 0 Å². The van der Waals surface area contributed by atoms with E-state index in [4.69, 9.17) is 5.11 Å². The summed E-state index contributed by atoms with van der Waals surface area (Å²) in [5, 5.41) is 8.46. The second kappa shape index (κ2) is 3.85. The van der Waals surface area contributed by atoms with Gasteiger partial charge in [-0.05, 0) is 0 Å². The smallest absolute Gasteiger partial charge is 0.264 e. The SMILES string of the molecule is CS(=O)(=O)OCC(O)CF. The van der Waals surface area contributed by atoms with E-state index in [-0.39, 0.29) is 0 Å². The normalized spacial score (nSPS) is 15.1. The molecule has 0 amide bonds. The van der Waals surface area contributed by atoms with Crippen molar-refractivity contribution in [2.75, 3.05) is 19.5 Å². The molecule has 0 aromatic rings. The van der Waals surface area contributed by atoms with E-state index in [2.05, 4.69) is 4.18 Å². The number of alkyl halides is 1. The Labute approximate surface area is 58.7 Å². The number of hydrogen-bond donors (Lipinski definition) is 1. The molecule has 4 nitrogen and oxygen atoms in total. The van der Waals surface area contributed by atoms with Gasteiger partial charge in [-0.2, -0.15) is 8.42 Å². The van der Waals surface area contributed by atoms with Crippen LogP contribution in [0.2, 0.25) is 0 Å². The largest absolute Gasteiger partial charge is 0.388 e. The number of rotatable bonds is 4. The summed E-state index contributed by atoms with van der Waals surface area (Å²) in [6.07, 6.45) is -0.521.